The van der Waals surface area contributed by atoms with Gasteiger partial charge in [-0.2, -0.15) is 0 Å². The molecule has 0 spiro atoms. The summed E-state index contributed by atoms with van der Waals surface area (Å²) in [5, 5.41) is 9.91. The van der Waals surface area contributed by atoms with E-state index in [9.17, 15) is 5.11 Å². The molecule has 14 heavy (non-hydrogen) atoms. The average Bonchev–Trinajstić information content (AvgIpc) is 2.20. The summed E-state index contributed by atoms with van der Waals surface area (Å²) in [6.45, 7) is 0.255. The van der Waals surface area contributed by atoms with Crippen molar-refractivity contribution in [2.24, 2.45) is 5.73 Å². The molecule has 4 heteroatoms. The lowest BCUT2D eigenvalue weighted by atomic mass is 10.1. The average molecular weight is 216 g/mol. The highest BCUT2D eigenvalue weighted by molar-refractivity contribution is 6.32. The minimum Gasteiger partial charge on any atom is -0.495 e. The third-order valence-electron chi connectivity index (χ3n) is 1.96. The molecule has 0 aromatic heterocycles. The maximum Gasteiger partial charge on any atom is 0.137 e. The van der Waals surface area contributed by atoms with Gasteiger partial charge in [-0.3, -0.25) is 0 Å². The van der Waals surface area contributed by atoms with Gasteiger partial charge in [0.1, 0.15) is 5.75 Å². The molecule has 0 saturated carbocycles. The molecule has 1 rings (SSSR count). The van der Waals surface area contributed by atoms with Gasteiger partial charge >= 0.3 is 0 Å². The van der Waals surface area contributed by atoms with Crippen LogP contribution in [-0.2, 0) is 6.42 Å². The Morgan fingerprint density at radius 3 is 2.86 bits per heavy atom. The number of hydrogen-bond acceptors (Lipinski definition) is 3. The monoisotopic (exact) mass is 215 g/mol. The van der Waals surface area contributed by atoms with Gasteiger partial charge in [-0.1, -0.05) is 17.7 Å². The van der Waals surface area contributed by atoms with Crippen molar-refractivity contribution < 1.29 is 9.84 Å². The Morgan fingerprint density at radius 1 is 1.57 bits per heavy atom. The van der Waals surface area contributed by atoms with E-state index >= 15 is 0 Å². The Labute approximate surface area is 88.4 Å². The van der Waals surface area contributed by atoms with Crippen molar-refractivity contribution in [3.05, 3.63) is 28.8 Å². The summed E-state index contributed by atoms with van der Waals surface area (Å²) in [5.74, 6) is 0.619. The maximum absolute atomic E-state index is 9.35. The van der Waals surface area contributed by atoms with Crippen LogP contribution in [0.3, 0.4) is 0 Å². The van der Waals surface area contributed by atoms with Crippen LogP contribution in [0.2, 0.25) is 5.02 Å². The molecule has 78 valence electrons. The first-order chi connectivity index (χ1) is 6.67. The SMILES string of the molecule is COc1cc(CC(O)CN)ccc1Cl. The lowest BCUT2D eigenvalue weighted by Gasteiger charge is -2.09. The fraction of sp³-hybridized carbons (Fsp3) is 0.400. The van der Waals surface area contributed by atoms with Gasteiger partial charge in [0.2, 0.25) is 0 Å². The van der Waals surface area contributed by atoms with Crippen LogP contribution >= 0.6 is 11.6 Å². The molecule has 0 fully saturated rings. The van der Waals surface area contributed by atoms with E-state index in [4.69, 9.17) is 22.1 Å². The van der Waals surface area contributed by atoms with Crippen molar-refractivity contribution in [1.29, 1.82) is 0 Å². The molecular formula is C10H14ClNO2. The summed E-state index contributed by atoms with van der Waals surface area (Å²) in [6, 6.07) is 5.41. The van der Waals surface area contributed by atoms with Crippen LogP contribution in [0.4, 0.5) is 0 Å². The number of nitrogens with two attached hydrogens (primary N) is 1. The van der Waals surface area contributed by atoms with Crippen LogP contribution < -0.4 is 10.5 Å². The number of aliphatic hydroxyl groups is 1. The van der Waals surface area contributed by atoms with Crippen molar-refractivity contribution in [2.75, 3.05) is 13.7 Å². The normalized spacial score (nSPS) is 12.6. The Bertz CT molecular complexity index is 304. The van der Waals surface area contributed by atoms with E-state index in [0.717, 1.165) is 5.56 Å². The fourth-order valence-corrected chi connectivity index (χ4v) is 1.38. The highest BCUT2D eigenvalue weighted by Gasteiger charge is 2.06. The van der Waals surface area contributed by atoms with E-state index in [1.165, 1.54) is 0 Å². The van der Waals surface area contributed by atoms with E-state index < -0.39 is 6.10 Å². The van der Waals surface area contributed by atoms with Crippen molar-refractivity contribution in [3.8, 4) is 5.75 Å². The molecule has 0 bridgehead atoms. The van der Waals surface area contributed by atoms with E-state index in [2.05, 4.69) is 0 Å². The van der Waals surface area contributed by atoms with E-state index in [-0.39, 0.29) is 6.54 Å². The molecule has 1 atom stereocenters. The van der Waals surface area contributed by atoms with Gasteiger partial charge in [0.25, 0.3) is 0 Å². The van der Waals surface area contributed by atoms with Crippen LogP contribution in [-0.4, -0.2) is 24.9 Å². The highest BCUT2D eigenvalue weighted by Crippen LogP contribution is 2.25. The summed E-state index contributed by atoms with van der Waals surface area (Å²) >= 11 is 5.85. The predicted molar refractivity (Wildman–Crippen MR) is 56.8 cm³/mol. The van der Waals surface area contributed by atoms with Gasteiger partial charge in [0.15, 0.2) is 0 Å². The zero-order chi connectivity index (χ0) is 10.6. The minimum atomic E-state index is -0.513. The second kappa shape index (κ2) is 5.20. The predicted octanol–water partition coefficient (Wildman–Crippen LogP) is 1.21. The van der Waals surface area contributed by atoms with Crippen molar-refractivity contribution in [1.82, 2.24) is 0 Å². The van der Waals surface area contributed by atoms with Crippen LogP contribution in [0.25, 0.3) is 0 Å². The number of rotatable bonds is 4. The van der Waals surface area contributed by atoms with E-state index in [1.807, 2.05) is 6.07 Å². The number of halogens is 1. The van der Waals surface area contributed by atoms with Gasteiger partial charge in [-0.15, -0.1) is 0 Å². The Balaban J connectivity index is 2.79. The molecular weight excluding hydrogens is 202 g/mol. The molecule has 0 saturated heterocycles. The largest absolute Gasteiger partial charge is 0.495 e. The summed E-state index contributed by atoms with van der Waals surface area (Å²) in [5.41, 5.74) is 6.28. The molecule has 3 nitrogen and oxygen atoms in total. The smallest absolute Gasteiger partial charge is 0.137 e. The Morgan fingerprint density at radius 2 is 2.29 bits per heavy atom. The van der Waals surface area contributed by atoms with Gasteiger partial charge in [-0.25, -0.2) is 0 Å². The van der Waals surface area contributed by atoms with Crippen LogP contribution in [0.15, 0.2) is 18.2 Å². The lowest BCUT2D eigenvalue weighted by molar-refractivity contribution is 0.183. The fourth-order valence-electron chi connectivity index (χ4n) is 1.19. The summed E-state index contributed by atoms with van der Waals surface area (Å²) in [7, 11) is 1.56. The van der Waals surface area contributed by atoms with Crippen molar-refractivity contribution in [2.45, 2.75) is 12.5 Å². The lowest BCUT2D eigenvalue weighted by Crippen LogP contribution is -2.21. The first-order valence-corrected chi connectivity index (χ1v) is 4.75. The molecule has 0 aliphatic rings. The molecule has 0 aliphatic heterocycles. The van der Waals surface area contributed by atoms with Crippen molar-refractivity contribution in [3.63, 3.8) is 0 Å². The summed E-state index contributed by atoms with van der Waals surface area (Å²) in [6.07, 6.45) is 0.00481. The van der Waals surface area contributed by atoms with Gasteiger partial charge in [0.05, 0.1) is 18.2 Å². The van der Waals surface area contributed by atoms with Crippen LogP contribution in [0.5, 0.6) is 5.75 Å². The number of hydrogen-bond donors (Lipinski definition) is 2. The Kier molecular flexibility index (Phi) is 4.20. The molecule has 1 aromatic carbocycles. The Hall–Kier alpha value is -0.770. The van der Waals surface area contributed by atoms with Gasteiger partial charge < -0.3 is 15.6 Å². The van der Waals surface area contributed by atoms with Crippen molar-refractivity contribution >= 4 is 11.6 Å². The molecule has 3 N–H and O–H groups in total. The molecule has 0 amide bonds. The number of methoxy groups -OCH3 is 1. The second-order valence-corrected chi connectivity index (χ2v) is 3.47. The third-order valence-corrected chi connectivity index (χ3v) is 2.27. The molecule has 0 radical (unpaired) electrons. The third kappa shape index (κ3) is 2.87. The zero-order valence-corrected chi connectivity index (χ0v) is 8.79. The summed E-state index contributed by atoms with van der Waals surface area (Å²) in [4.78, 5) is 0. The quantitative estimate of drug-likeness (QED) is 0.794. The van der Waals surface area contributed by atoms with Crippen LogP contribution in [0, 0.1) is 0 Å². The molecule has 0 heterocycles. The maximum atomic E-state index is 9.35. The standard InChI is InChI=1S/C10H14ClNO2/c1-14-10-5-7(2-3-9(10)11)4-8(13)6-12/h2-3,5,8,13H,4,6,12H2,1H3. The number of benzene rings is 1. The molecule has 0 aliphatic carbocycles. The van der Waals surface area contributed by atoms with E-state index in [0.29, 0.717) is 17.2 Å². The van der Waals surface area contributed by atoms with Gasteiger partial charge in [-0.05, 0) is 24.1 Å². The number of aliphatic hydroxyl groups excluding tert-OH is 1. The van der Waals surface area contributed by atoms with Crippen LogP contribution in [0.1, 0.15) is 5.56 Å². The topological polar surface area (TPSA) is 55.5 Å². The summed E-state index contributed by atoms with van der Waals surface area (Å²) < 4.78 is 5.06. The first-order valence-electron chi connectivity index (χ1n) is 4.38. The van der Waals surface area contributed by atoms with E-state index in [1.54, 1.807) is 19.2 Å². The molecule has 1 unspecified atom stereocenters. The number of ether oxygens (including phenoxy) is 1. The minimum absolute atomic E-state index is 0.255. The van der Waals surface area contributed by atoms with Gasteiger partial charge in [0, 0.05) is 6.54 Å². The second-order valence-electron chi connectivity index (χ2n) is 3.06. The highest BCUT2D eigenvalue weighted by atomic mass is 35.5. The first kappa shape index (κ1) is 11.3. The zero-order valence-electron chi connectivity index (χ0n) is 8.03. The molecule has 1 aromatic rings.